The third-order valence-electron chi connectivity index (χ3n) is 9.88. The summed E-state index contributed by atoms with van der Waals surface area (Å²) in [5.74, 6) is -0.592. The number of aliphatic hydroxyl groups is 5. The van der Waals surface area contributed by atoms with Gasteiger partial charge in [-0.15, -0.1) is 5.10 Å². The van der Waals surface area contributed by atoms with Gasteiger partial charge in [-0.2, -0.15) is 0 Å². The number of aliphatic hydroxyl groups excluding tert-OH is 4. The highest BCUT2D eigenvalue weighted by Gasteiger charge is 2.46. The minimum Gasteiger partial charge on any atom is -0.458 e. The molecule has 7 rings (SSSR count). The first-order chi connectivity index (χ1) is 26.0. The zero-order chi connectivity index (χ0) is 38.3. The van der Waals surface area contributed by atoms with Gasteiger partial charge >= 0.3 is 12.1 Å². The van der Waals surface area contributed by atoms with Gasteiger partial charge in [0.15, 0.2) is 18.7 Å². The van der Waals surface area contributed by atoms with Crippen molar-refractivity contribution < 1.29 is 63.5 Å². The Balaban J connectivity index is 0.939. The average Bonchev–Trinajstić information content (AvgIpc) is 3.78. The fourth-order valence-corrected chi connectivity index (χ4v) is 6.95. The van der Waals surface area contributed by atoms with Crippen molar-refractivity contribution >= 4 is 23.0 Å². The number of carbonyl (C=O) groups is 2. The summed E-state index contributed by atoms with van der Waals surface area (Å²) < 4.78 is 34.8. The number of cyclic esters (lactones) is 1. The molecule has 0 aliphatic carbocycles. The van der Waals surface area contributed by atoms with Gasteiger partial charge < -0.3 is 58.5 Å². The van der Waals surface area contributed by atoms with Gasteiger partial charge in [0.25, 0.3) is 5.56 Å². The molecule has 19 nitrogen and oxygen atoms in total. The number of carbonyl (C=O) groups excluding carboxylic acids is 2. The molecule has 0 spiro atoms. The SMILES string of the molecule is CCc1c2c(nc3ccc(OC(=O)OCOCc4cn(CCO[C@H]5O[C@@H](CO)[C@H](O)[C@@H](O)[C@@H]5O)nn4)cc13)-c1cc3c(c(=O)n1C2)COC(=O)[C@]3(O)CC. The molecular formula is C35H39N5O14. The molecule has 0 amide bonds. The fraction of sp³-hybridized carbons (Fsp3) is 0.486. The summed E-state index contributed by atoms with van der Waals surface area (Å²) in [7, 11) is 0. The molecule has 0 radical (unpaired) electrons. The second-order valence-corrected chi connectivity index (χ2v) is 13.1. The Kier molecular flexibility index (Phi) is 10.5. The molecule has 6 atom stereocenters. The average molecular weight is 754 g/mol. The van der Waals surface area contributed by atoms with Crippen molar-refractivity contribution in [3.63, 3.8) is 0 Å². The second kappa shape index (κ2) is 15.1. The van der Waals surface area contributed by atoms with Gasteiger partial charge in [-0.05, 0) is 42.7 Å². The van der Waals surface area contributed by atoms with Crippen molar-refractivity contribution in [2.45, 2.75) is 89.3 Å². The predicted octanol–water partition coefficient (Wildman–Crippen LogP) is -0.260. The fourth-order valence-electron chi connectivity index (χ4n) is 6.95. The molecule has 5 N–H and O–H groups in total. The smallest absolute Gasteiger partial charge is 0.458 e. The number of esters is 1. The van der Waals surface area contributed by atoms with Gasteiger partial charge in [0.2, 0.25) is 0 Å². The molecule has 1 fully saturated rings. The van der Waals surface area contributed by atoms with Crippen molar-refractivity contribution in [3.05, 3.63) is 68.8 Å². The maximum atomic E-state index is 13.6. The maximum absolute atomic E-state index is 13.6. The first kappa shape index (κ1) is 37.5. The molecular weight excluding hydrogens is 714 g/mol. The Hall–Kier alpha value is -4.86. The number of rotatable bonds is 12. The summed E-state index contributed by atoms with van der Waals surface area (Å²) in [5, 5.41) is 58.9. The molecule has 54 heavy (non-hydrogen) atoms. The molecule has 6 heterocycles. The summed E-state index contributed by atoms with van der Waals surface area (Å²) in [5.41, 5.74) is 1.96. The Labute approximate surface area is 306 Å². The molecule has 3 aliphatic heterocycles. The van der Waals surface area contributed by atoms with Crippen LogP contribution >= 0.6 is 0 Å². The minimum absolute atomic E-state index is 0.00697. The monoisotopic (exact) mass is 753 g/mol. The van der Waals surface area contributed by atoms with Crippen molar-refractivity contribution in [1.29, 1.82) is 0 Å². The van der Waals surface area contributed by atoms with E-state index in [1.807, 2.05) is 6.92 Å². The number of pyridine rings is 2. The van der Waals surface area contributed by atoms with Crippen molar-refractivity contribution in [3.8, 4) is 17.1 Å². The number of hydrogen-bond donors (Lipinski definition) is 5. The summed E-state index contributed by atoms with van der Waals surface area (Å²) >= 11 is 0. The van der Waals surface area contributed by atoms with Gasteiger partial charge in [-0.1, -0.05) is 19.1 Å². The van der Waals surface area contributed by atoms with Gasteiger partial charge in [0.1, 0.15) is 42.5 Å². The quantitative estimate of drug-likeness (QED) is 0.0476. The molecule has 1 saturated heterocycles. The molecule has 3 aromatic heterocycles. The molecule has 3 aliphatic rings. The Morgan fingerprint density at radius 1 is 1.09 bits per heavy atom. The molecule has 1 aromatic carbocycles. The van der Waals surface area contributed by atoms with Crippen molar-refractivity contribution in [2.24, 2.45) is 0 Å². The first-order valence-electron chi connectivity index (χ1n) is 17.3. The minimum atomic E-state index is -1.93. The highest BCUT2D eigenvalue weighted by molar-refractivity contribution is 5.90. The van der Waals surface area contributed by atoms with Crippen LogP contribution in [0.2, 0.25) is 0 Å². The van der Waals surface area contributed by atoms with E-state index in [0.29, 0.717) is 34.4 Å². The van der Waals surface area contributed by atoms with Gasteiger partial charge in [-0.25, -0.2) is 19.3 Å². The van der Waals surface area contributed by atoms with Crippen LogP contribution in [-0.4, -0.2) is 113 Å². The lowest BCUT2D eigenvalue weighted by Crippen LogP contribution is -2.59. The normalized spacial score (nSPS) is 24.5. The number of ether oxygens (including phenoxy) is 6. The number of fused-ring (bicyclic) bond motifs is 5. The lowest BCUT2D eigenvalue weighted by Gasteiger charge is -2.39. The second-order valence-electron chi connectivity index (χ2n) is 13.1. The van der Waals surface area contributed by atoms with Gasteiger partial charge in [0, 0.05) is 16.5 Å². The van der Waals surface area contributed by atoms with Crippen LogP contribution in [0.15, 0.2) is 35.3 Å². The van der Waals surface area contributed by atoms with E-state index in [1.54, 1.807) is 42.0 Å². The molecule has 4 aromatic rings. The summed E-state index contributed by atoms with van der Waals surface area (Å²) in [4.78, 5) is 43.4. The summed E-state index contributed by atoms with van der Waals surface area (Å²) in [6.07, 6.45) is -5.74. The topological polar surface area (TPSA) is 256 Å². The van der Waals surface area contributed by atoms with Crippen LogP contribution in [-0.2, 0) is 66.8 Å². The Morgan fingerprint density at radius 2 is 1.91 bits per heavy atom. The highest BCUT2D eigenvalue weighted by Crippen LogP contribution is 2.40. The van der Waals surface area contributed by atoms with E-state index in [1.165, 1.54) is 4.68 Å². The number of nitrogens with zero attached hydrogens (tertiary/aromatic N) is 5. The number of aromatic nitrogens is 5. The van der Waals surface area contributed by atoms with E-state index in [2.05, 4.69) is 10.3 Å². The van der Waals surface area contributed by atoms with Crippen LogP contribution in [0.4, 0.5) is 4.79 Å². The lowest BCUT2D eigenvalue weighted by molar-refractivity contribution is -0.301. The van der Waals surface area contributed by atoms with E-state index in [0.717, 1.165) is 11.1 Å². The summed E-state index contributed by atoms with van der Waals surface area (Å²) in [6.45, 7) is 2.73. The van der Waals surface area contributed by atoms with Gasteiger partial charge in [0.05, 0.1) is 61.6 Å². The Bertz CT molecular complexity index is 2140. The zero-order valence-electron chi connectivity index (χ0n) is 29.3. The molecule has 19 heteroatoms. The van der Waals surface area contributed by atoms with Crippen LogP contribution in [0.1, 0.15) is 48.2 Å². The van der Waals surface area contributed by atoms with E-state index in [4.69, 9.17) is 33.4 Å². The molecule has 0 bridgehead atoms. The van der Waals surface area contributed by atoms with Crippen LogP contribution in [0.5, 0.6) is 5.75 Å². The Morgan fingerprint density at radius 3 is 2.67 bits per heavy atom. The van der Waals surface area contributed by atoms with Crippen molar-refractivity contribution in [1.82, 2.24) is 24.5 Å². The highest BCUT2D eigenvalue weighted by atomic mass is 16.8. The van der Waals surface area contributed by atoms with E-state index >= 15 is 0 Å². The lowest BCUT2D eigenvalue weighted by atomic mass is 9.86. The van der Waals surface area contributed by atoms with Crippen LogP contribution in [0, 0.1) is 0 Å². The standard InChI is InChI=1S/C35H39N5O14/c1-3-19-20-9-18(5-6-24(20)36-27-21(19)12-40-25(27)10-23-22(31(40)45)15-51-33(46)35(23,48)4-2)53-34(47)52-16-49-14-17-11-39(38-37-17)7-8-50-32-30(44)29(43)28(42)26(13-41)54-32/h5-6,9-11,26,28-30,32,41-44,48H,3-4,7-8,12-16H2,1-2H3/t26-,28-,29+,30-,32-,35-/m0/s1. The molecule has 0 unspecified atom stereocenters. The van der Waals surface area contributed by atoms with Crippen LogP contribution in [0.3, 0.4) is 0 Å². The predicted molar refractivity (Wildman–Crippen MR) is 180 cm³/mol. The van der Waals surface area contributed by atoms with Gasteiger partial charge in [-0.3, -0.25) is 4.79 Å². The summed E-state index contributed by atoms with van der Waals surface area (Å²) in [6, 6.07) is 6.58. The maximum Gasteiger partial charge on any atom is 0.515 e. The van der Waals surface area contributed by atoms with Crippen LogP contribution < -0.4 is 10.3 Å². The number of hydrogen-bond acceptors (Lipinski definition) is 17. The van der Waals surface area contributed by atoms with E-state index in [-0.39, 0.29) is 61.8 Å². The van der Waals surface area contributed by atoms with Crippen molar-refractivity contribution in [2.75, 3.05) is 20.0 Å². The number of aryl methyl sites for hydroxylation is 1. The van der Waals surface area contributed by atoms with E-state index < -0.39 is 61.8 Å². The molecule has 288 valence electrons. The third-order valence-corrected chi connectivity index (χ3v) is 9.88. The molecule has 0 saturated carbocycles. The number of benzene rings is 1. The zero-order valence-corrected chi connectivity index (χ0v) is 29.3. The first-order valence-corrected chi connectivity index (χ1v) is 17.3. The van der Waals surface area contributed by atoms with Crippen LogP contribution in [0.25, 0.3) is 22.3 Å². The van der Waals surface area contributed by atoms with E-state index in [9.17, 15) is 39.9 Å². The third kappa shape index (κ3) is 6.73. The largest absolute Gasteiger partial charge is 0.515 e.